The number of nitrogens with two attached hydrogens (primary N) is 1. The molecule has 2 fully saturated rings. The molecule has 92 valence electrons. The second kappa shape index (κ2) is 5.12. The van der Waals surface area contributed by atoms with Gasteiger partial charge in [-0.3, -0.25) is 4.79 Å². The number of hydrogen-bond acceptors (Lipinski definition) is 4. The molecule has 0 aromatic heterocycles. The number of aliphatic hydroxyl groups is 1. The van der Waals surface area contributed by atoms with Crippen LogP contribution in [0.25, 0.3) is 0 Å². The first-order valence-corrected chi connectivity index (χ1v) is 6.12. The van der Waals surface area contributed by atoms with Crippen molar-refractivity contribution in [2.75, 3.05) is 6.54 Å². The molecule has 0 aromatic carbocycles. The third-order valence-electron chi connectivity index (χ3n) is 3.54. The van der Waals surface area contributed by atoms with Gasteiger partial charge in [-0.15, -0.1) is 0 Å². The highest BCUT2D eigenvalue weighted by molar-refractivity contribution is 5.82. The van der Waals surface area contributed by atoms with Crippen LogP contribution in [0.2, 0.25) is 0 Å². The first-order chi connectivity index (χ1) is 7.65. The van der Waals surface area contributed by atoms with Crippen LogP contribution in [0, 0.1) is 0 Å². The van der Waals surface area contributed by atoms with E-state index in [1.165, 1.54) is 0 Å². The molecular formula is C11H21N3O2. The Bertz CT molecular complexity index is 252. The minimum Gasteiger partial charge on any atom is -0.392 e. The number of rotatable bonds is 2. The van der Waals surface area contributed by atoms with Crippen molar-refractivity contribution in [3.05, 3.63) is 0 Å². The van der Waals surface area contributed by atoms with E-state index in [0.717, 1.165) is 25.7 Å². The zero-order chi connectivity index (χ0) is 11.5. The maximum Gasteiger partial charge on any atom is 0.237 e. The number of amides is 1. The maximum absolute atomic E-state index is 11.8. The molecule has 5 heteroatoms. The average molecular weight is 227 g/mol. The Balaban J connectivity index is 1.75. The second-order valence-corrected chi connectivity index (χ2v) is 4.97. The van der Waals surface area contributed by atoms with Gasteiger partial charge in [0.15, 0.2) is 0 Å². The third kappa shape index (κ3) is 2.93. The van der Waals surface area contributed by atoms with E-state index >= 15 is 0 Å². The van der Waals surface area contributed by atoms with Gasteiger partial charge in [0, 0.05) is 18.6 Å². The molecule has 5 nitrogen and oxygen atoms in total. The fraction of sp³-hybridized carbons (Fsp3) is 0.909. The van der Waals surface area contributed by atoms with Crippen LogP contribution in [0.4, 0.5) is 0 Å². The lowest BCUT2D eigenvalue weighted by Crippen LogP contribution is -2.47. The molecule has 5 N–H and O–H groups in total. The molecule has 0 radical (unpaired) electrons. The molecule has 0 aromatic rings. The number of carbonyl (C=O) groups excluding carboxylic acids is 1. The van der Waals surface area contributed by atoms with Crippen molar-refractivity contribution in [1.82, 2.24) is 10.6 Å². The van der Waals surface area contributed by atoms with Gasteiger partial charge in [-0.2, -0.15) is 0 Å². The van der Waals surface area contributed by atoms with Crippen molar-refractivity contribution in [2.24, 2.45) is 5.73 Å². The normalized spacial score (nSPS) is 39.6. The molecule has 0 bridgehead atoms. The Morgan fingerprint density at radius 1 is 1.31 bits per heavy atom. The molecule has 1 saturated carbocycles. The van der Waals surface area contributed by atoms with Gasteiger partial charge in [-0.25, -0.2) is 0 Å². The smallest absolute Gasteiger partial charge is 0.237 e. The standard InChI is InChI=1S/C11H21N3O2/c12-7-1-3-8(4-2-7)14-11(16)10-5-9(15)6-13-10/h7-10,13,15H,1-6,12H2,(H,14,16)/t7?,8?,9-,10+/m0/s1. The highest BCUT2D eigenvalue weighted by atomic mass is 16.3. The lowest BCUT2D eigenvalue weighted by molar-refractivity contribution is -0.123. The molecule has 2 aliphatic rings. The Morgan fingerprint density at radius 2 is 2.00 bits per heavy atom. The molecule has 1 aliphatic carbocycles. The number of aliphatic hydroxyl groups excluding tert-OH is 1. The van der Waals surface area contributed by atoms with E-state index in [1.54, 1.807) is 0 Å². The summed E-state index contributed by atoms with van der Waals surface area (Å²) < 4.78 is 0. The molecule has 1 aliphatic heterocycles. The zero-order valence-corrected chi connectivity index (χ0v) is 9.48. The predicted molar refractivity (Wildman–Crippen MR) is 60.8 cm³/mol. The summed E-state index contributed by atoms with van der Waals surface area (Å²) in [4.78, 5) is 11.8. The van der Waals surface area contributed by atoms with E-state index in [1.807, 2.05) is 0 Å². The summed E-state index contributed by atoms with van der Waals surface area (Å²) in [5.74, 6) is 0.0250. The Kier molecular flexibility index (Phi) is 3.78. The summed E-state index contributed by atoms with van der Waals surface area (Å²) >= 11 is 0. The molecule has 0 unspecified atom stereocenters. The summed E-state index contributed by atoms with van der Waals surface area (Å²) in [7, 11) is 0. The van der Waals surface area contributed by atoms with Gasteiger partial charge in [0.05, 0.1) is 12.1 Å². The van der Waals surface area contributed by atoms with Crippen molar-refractivity contribution >= 4 is 5.91 Å². The number of nitrogens with one attached hydrogen (secondary N) is 2. The highest BCUT2D eigenvalue weighted by Crippen LogP contribution is 2.17. The SMILES string of the molecule is NC1CCC(NC(=O)[C@H]2C[C@H](O)CN2)CC1. The molecule has 0 spiro atoms. The number of hydrogen-bond donors (Lipinski definition) is 4. The highest BCUT2D eigenvalue weighted by Gasteiger charge is 2.29. The molecule has 16 heavy (non-hydrogen) atoms. The minimum atomic E-state index is -0.379. The average Bonchev–Trinajstić information content (AvgIpc) is 2.68. The Hall–Kier alpha value is -0.650. The fourth-order valence-electron chi connectivity index (χ4n) is 2.48. The van der Waals surface area contributed by atoms with Crippen LogP contribution in [0.1, 0.15) is 32.1 Å². The molecule has 2 atom stereocenters. The van der Waals surface area contributed by atoms with Gasteiger partial charge in [0.1, 0.15) is 0 Å². The molecular weight excluding hydrogens is 206 g/mol. The van der Waals surface area contributed by atoms with Crippen LogP contribution < -0.4 is 16.4 Å². The fourth-order valence-corrected chi connectivity index (χ4v) is 2.48. The maximum atomic E-state index is 11.8. The lowest BCUT2D eigenvalue weighted by Gasteiger charge is -2.27. The quantitative estimate of drug-likeness (QED) is 0.492. The molecule has 2 rings (SSSR count). The van der Waals surface area contributed by atoms with E-state index in [4.69, 9.17) is 5.73 Å². The van der Waals surface area contributed by atoms with E-state index < -0.39 is 0 Å². The lowest BCUT2D eigenvalue weighted by atomic mass is 9.91. The first kappa shape index (κ1) is 11.8. The first-order valence-electron chi connectivity index (χ1n) is 6.12. The van der Waals surface area contributed by atoms with Gasteiger partial charge in [0.25, 0.3) is 0 Å². The number of β-amino-alcohol motifs (C(OH)–C–C–N with tert-alkyl or cyclic N) is 1. The second-order valence-electron chi connectivity index (χ2n) is 4.97. The van der Waals surface area contributed by atoms with E-state index in [0.29, 0.717) is 19.0 Å². The van der Waals surface area contributed by atoms with E-state index in [2.05, 4.69) is 10.6 Å². The molecule has 1 saturated heterocycles. The van der Waals surface area contributed by atoms with Gasteiger partial charge in [0.2, 0.25) is 5.91 Å². The van der Waals surface area contributed by atoms with Gasteiger partial charge in [-0.1, -0.05) is 0 Å². The van der Waals surface area contributed by atoms with Crippen LogP contribution >= 0.6 is 0 Å². The zero-order valence-electron chi connectivity index (χ0n) is 9.48. The molecule has 1 heterocycles. The van der Waals surface area contributed by atoms with Gasteiger partial charge >= 0.3 is 0 Å². The van der Waals surface area contributed by atoms with Crippen molar-refractivity contribution in [3.63, 3.8) is 0 Å². The van der Waals surface area contributed by atoms with Crippen molar-refractivity contribution in [1.29, 1.82) is 0 Å². The van der Waals surface area contributed by atoms with Crippen LogP contribution in [0.3, 0.4) is 0 Å². The third-order valence-corrected chi connectivity index (χ3v) is 3.54. The summed E-state index contributed by atoms with van der Waals surface area (Å²) in [6.45, 7) is 0.521. The van der Waals surface area contributed by atoms with Crippen LogP contribution in [-0.2, 0) is 4.79 Å². The van der Waals surface area contributed by atoms with Crippen LogP contribution in [0.15, 0.2) is 0 Å². The monoisotopic (exact) mass is 227 g/mol. The van der Waals surface area contributed by atoms with Crippen LogP contribution in [-0.4, -0.2) is 41.8 Å². The van der Waals surface area contributed by atoms with E-state index in [-0.39, 0.29) is 24.1 Å². The predicted octanol–water partition coefficient (Wildman–Crippen LogP) is -0.905. The van der Waals surface area contributed by atoms with Crippen LogP contribution in [0.5, 0.6) is 0 Å². The summed E-state index contributed by atoms with van der Waals surface area (Å²) in [5, 5.41) is 15.4. The van der Waals surface area contributed by atoms with Crippen molar-refractivity contribution in [3.8, 4) is 0 Å². The van der Waals surface area contributed by atoms with Gasteiger partial charge in [-0.05, 0) is 32.1 Å². The Labute approximate surface area is 95.8 Å². The summed E-state index contributed by atoms with van der Waals surface area (Å²) in [5.41, 5.74) is 5.81. The van der Waals surface area contributed by atoms with E-state index in [9.17, 15) is 9.90 Å². The summed E-state index contributed by atoms with van der Waals surface area (Å²) in [6, 6.07) is 0.358. The molecule has 1 amide bonds. The topological polar surface area (TPSA) is 87.4 Å². The van der Waals surface area contributed by atoms with Crippen molar-refractivity contribution < 1.29 is 9.90 Å². The van der Waals surface area contributed by atoms with Crippen molar-refractivity contribution in [2.45, 2.75) is 56.3 Å². The largest absolute Gasteiger partial charge is 0.392 e. The minimum absolute atomic E-state index is 0.0250. The van der Waals surface area contributed by atoms with Gasteiger partial charge < -0.3 is 21.5 Å². The Morgan fingerprint density at radius 3 is 2.56 bits per heavy atom. The number of carbonyl (C=O) groups is 1. The summed E-state index contributed by atoms with van der Waals surface area (Å²) in [6.07, 6.45) is 4.08.